The Morgan fingerprint density at radius 2 is 2.36 bits per heavy atom. The minimum atomic E-state index is -0.336. The molecule has 0 unspecified atom stereocenters. The van der Waals surface area contributed by atoms with Crippen molar-refractivity contribution in [3.05, 3.63) is 11.6 Å². The van der Waals surface area contributed by atoms with Crippen molar-refractivity contribution in [2.24, 2.45) is 0 Å². The Morgan fingerprint density at radius 1 is 1.55 bits per heavy atom. The van der Waals surface area contributed by atoms with E-state index in [9.17, 15) is 9.90 Å². The van der Waals surface area contributed by atoms with Crippen molar-refractivity contribution in [3.63, 3.8) is 0 Å². The number of likely N-dealkylation sites (tertiary alicyclic amines) is 1. The average Bonchev–Trinajstić information content (AvgIpc) is 3.03. The third-order valence-electron chi connectivity index (χ3n) is 4.65. The maximum atomic E-state index is 11.9. The Kier molecular flexibility index (Phi) is 5.07. The number of piperidine rings is 1. The van der Waals surface area contributed by atoms with Gasteiger partial charge in [-0.3, -0.25) is 4.79 Å². The van der Waals surface area contributed by atoms with Crippen LogP contribution in [0.5, 0.6) is 0 Å². The summed E-state index contributed by atoms with van der Waals surface area (Å²) in [7, 11) is 0. The summed E-state index contributed by atoms with van der Waals surface area (Å²) in [6.07, 6.45) is 5.30. The van der Waals surface area contributed by atoms with E-state index in [1.165, 1.54) is 11.3 Å². The minimum absolute atomic E-state index is 0.00388. The minimum Gasteiger partial charge on any atom is -0.390 e. The summed E-state index contributed by atoms with van der Waals surface area (Å²) in [5.74, 6) is 0.00388. The molecule has 2 aliphatic rings. The maximum Gasteiger partial charge on any atom is 0.227 e. The Hall–Kier alpha value is -1.02. The van der Waals surface area contributed by atoms with Crippen LogP contribution in [0.15, 0.2) is 11.6 Å². The van der Waals surface area contributed by atoms with E-state index >= 15 is 0 Å². The molecule has 1 amide bonds. The van der Waals surface area contributed by atoms with Gasteiger partial charge in [0.15, 0.2) is 5.13 Å². The zero-order chi connectivity index (χ0) is 15.4. The van der Waals surface area contributed by atoms with Crippen LogP contribution in [0.25, 0.3) is 0 Å². The van der Waals surface area contributed by atoms with Gasteiger partial charge in [-0.25, -0.2) is 4.98 Å². The van der Waals surface area contributed by atoms with E-state index in [1.54, 1.807) is 6.20 Å². The summed E-state index contributed by atoms with van der Waals surface area (Å²) in [4.78, 5) is 18.2. The highest BCUT2D eigenvalue weighted by Crippen LogP contribution is 2.35. The van der Waals surface area contributed by atoms with E-state index in [-0.39, 0.29) is 17.6 Å². The number of aromatic nitrogens is 1. The van der Waals surface area contributed by atoms with Gasteiger partial charge in [-0.2, -0.15) is 0 Å². The summed E-state index contributed by atoms with van der Waals surface area (Å²) in [6, 6.07) is 0. The molecule has 3 rings (SSSR count). The molecule has 0 radical (unpaired) electrons. The van der Waals surface area contributed by atoms with E-state index in [2.05, 4.69) is 15.2 Å². The van der Waals surface area contributed by atoms with E-state index < -0.39 is 0 Å². The first kappa shape index (κ1) is 15.9. The lowest BCUT2D eigenvalue weighted by Gasteiger charge is -2.46. The molecule has 1 spiro atoms. The number of amides is 1. The SMILES string of the molecule is O=C(CCN1CCC2(CC1)OCCC[C@@H]2O)Nc1nccs1. The van der Waals surface area contributed by atoms with Crippen LogP contribution in [0.3, 0.4) is 0 Å². The molecule has 6 nitrogen and oxygen atoms in total. The number of rotatable bonds is 4. The monoisotopic (exact) mass is 325 g/mol. The van der Waals surface area contributed by atoms with Crippen molar-refractivity contribution >= 4 is 22.4 Å². The second-order valence-electron chi connectivity index (χ2n) is 6.05. The first-order valence-electron chi connectivity index (χ1n) is 7.92. The second kappa shape index (κ2) is 7.04. The molecule has 0 aliphatic carbocycles. The van der Waals surface area contributed by atoms with Crippen molar-refractivity contribution in [1.29, 1.82) is 0 Å². The molecule has 1 aromatic rings. The number of nitrogens with zero attached hydrogens (tertiary/aromatic N) is 2. The van der Waals surface area contributed by atoms with Gasteiger partial charge in [-0.1, -0.05) is 0 Å². The Balaban J connectivity index is 1.41. The summed E-state index contributed by atoms with van der Waals surface area (Å²) >= 11 is 1.43. The van der Waals surface area contributed by atoms with E-state index in [4.69, 9.17) is 4.74 Å². The summed E-state index contributed by atoms with van der Waals surface area (Å²) in [5, 5.41) is 15.5. The number of nitrogens with one attached hydrogen (secondary N) is 1. The number of carbonyl (C=O) groups excluding carboxylic acids is 1. The molecule has 122 valence electrons. The van der Waals surface area contributed by atoms with E-state index in [0.717, 1.165) is 51.9 Å². The molecule has 0 bridgehead atoms. The molecule has 22 heavy (non-hydrogen) atoms. The number of thiazole rings is 1. The Bertz CT molecular complexity index is 486. The van der Waals surface area contributed by atoms with Gasteiger partial charge in [0.1, 0.15) is 0 Å². The fraction of sp³-hybridized carbons (Fsp3) is 0.733. The molecule has 7 heteroatoms. The molecule has 2 saturated heterocycles. The molecular formula is C15H23N3O3S. The smallest absolute Gasteiger partial charge is 0.227 e. The third-order valence-corrected chi connectivity index (χ3v) is 5.34. The fourth-order valence-electron chi connectivity index (χ4n) is 3.27. The lowest BCUT2D eigenvalue weighted by Crippen LogP contribution is -2.55. The number of aliphatic hydroxyl groups excluding tert-OH is 1. The van der Waals surface area contributed by atoms with Crippen LogP contribution in [0.2, 0.25) is 0 Å². The zero-order valence-electron chi connectivity index (χ0n) is 12.7. The van der Waals surface area contributed by atoms with Gasteiger partial charge in [0.2, 0.25) is 5.91 Å². The number of carbonyl (C=O) groups is 1. The predicted molar refractivity (Wildman–Crippen MR) is 85.0 cm³/mol. The highest BCUT2D eigenvalue weighted by Gasteiger charge is 2.43. The molecule has 0 saturated carbocycles. The molecule has 2 aliphatic heterocycles. The molecule has 1 atom stereocenters. The first-order chi connectivity index (χ1) is 10.7. The standard InChI is InChI=1S/C15H23N3O3S/c19-12-2-1-10-21-15(12)4-8-18(9-5-15)7-3-13(20)17-14-16-6-11-22-14/h6,11-12,19H,1-5,7-10H2,(H,16,17,20)/t12-/m0/s1. The van der Waals surface area contributed by atoms with Crippen molar-refractivity contribution in [1.82, 2.24) is 9.88 Å². The van der Waals surface area contributed by atoms with Crippen LogP contribution in [0, 0.1) is 0 Å². The molecular weight excluding hydrogens is 302 g/mol. The molecule has 2 fully saturated rings. The number of hydrogen-bond donors (Lipinski definition) is 2. The summed E-state index contributed by atoms with van der Waals surface area (Å²) in [6.45, 7) is 3.25. The molecule has 0 aromatic carbocycles. The van der Waals surface area contributed by atoms with Gasteiger partial charge in [0, 0.05) is 44.2 Å². The van der Waals surface area contributed by atoms with Gasteiger partial charge >= 0.3 is 0 Å². The van der Waals surface area contributed by atoms with Crippen LogP contribution in [0.1, 0.15) is 32.1 Å². The van der Waals surface area contributed by atoms with Gasteiger partial charge in [-0.05, 0) is 25.7 Å². The highest BCUT2D eigenvalue weighted by molar-refractivity contribution is 7.13. The fourth-order valence-corrected chi connectivity index (χ4v) is 3.82. The van der Waals surface area contributed by atoms with Crippen LogP contribution < -0.4 is 5.32 Å². The maximum absolute atomic E-state index is 11.9. The van der Waals surface area contributed by atoms with Crippen LogP contribution in [-0.4, -0.2) is 58.8 Å². The van der Waals surface area contributed by atoms with Gasteiger partial charge in [-0.15, -0.1) is 11.3 Å². The van der Waals surface area contributed by atoms with Gasteiger partial charge in [0.05, 0.1) is 11.7 Å². The van der Waals surface area contributed by atoms with Crippen LogP contribution >= 0.6 is 11.3 Å². The normalized spacial score (nSPS) is 25.2. The van der Waals surface area contributed by atoms with Crippen molar-refractivity contribution < 1.29 is 14.6 Å². The Labute approximate surface area is 134 Å². The van der Waals surface area contributed by atoms with Gasteiger partial charge < -0.3 is 20.1 Å². The largest absolute Gasteiger partial charge is 0.390 e. The third kappa shape index (κ3) is 3.65. The number of hydrogen-bond acceptors (Lipinski definition) is 6. The van der Waals surface area contributed by atoms with Crippen LogP contribution in [0.4, 0.5) is 5.13 Å². The highest BCUT2D eigenvalue weighted by atomic mass is 32.1. The predicted octanol–water partition coefficient (Wildman–Crippen LogP) is 1.48. The number of ether oxygens (including phenoxy) is 1. The van der Waals surface area contributed by atoms with Crippen molar-refractivity contribution in [3.8, 4) is 0 Å². The molecule has 3 heterocycles. The zero-order valence-corrected chi connectivity index (χ0v) is 13.5. The summed E-state index contributed by atoms with van der Waals surface area (Å²) in [5.41, 5.74) is -0.335. The topological polar surface area (TPSA) is 74.7 Å². The lowest BCUT2D eigenvalue weighted by atomic mass is 9.82. The molecule has 2 N–H and O–H groups in total. The quantitative estimate of drug-likeness (QED) is 0.877. The Morgan fingerprint density at radius 3 is 3.05 bits per heavy atom. The number of aliphatic hydroxyl groups is 1. The van der Waals surface area contributed by atoms with Crippen LogP contribution in [-0.2, 0) is 9.53 Å². The van der Waals surface area contributed by atoms with E-state index in [0.29, 0.717) is 11.6 Å². The lowest BCUT2D eigenvalue weighted by molar-refractivity contribution is -0.176. The van der Waals surface area contributed by atoms with Crippen molar-refractivity contribution in [2.75, 3.05) is 31.6 Å². The second-order valence-corrected chi connectivity index (χ2v) is 6.94. The summed E-state index contributed by atoms with van der Waals surface area (Å²) < 4.78 is 5.90. The van der Waals surface area contributed by atoms with Gasteiger partial charge in [0.25, 0.3) is 0 Å². The van der Waals surface area contributed by atoms with E-state index in [1.807, 2.05) is 5.38 Å². The molecule has 1 aromatic heterocycles. The first-order valence-corrected chi connectivity index (χ1v) is 8.80. The average molecular weight is 325 g/mol. The van der Waals surface area contributed by atoms with Crippen molar-refractivity contribution in [2.45, 2.75) is 43.8 Å². The number of anilines is 1.